The first-order valence-electron chi connectivity index (χ1n) is 7.23. The molecule has 0 aromatic carbocycles. The second kappa shape index (κ2) is 5.47. The van der Waals surface area contributed by atoms with Crippen LogP contribution in [0.3, 0.4) is 0 Å². The van der Waals surface area contributed by atoms with E-state index in [9.17, 15) is 4.79 Å². The largest absolute Gasteiger partial charge is 0.384 e. The van der Waals surface area contributed by atoms with Crippen LogP contribution in [0, 0.1) is 0 Å². The molecule has 0 aliphatic carbocycles. The zero-order valence-corrected chi connectivity index (χ0v) is 13.0. The Labute approximate surface area is 136 Å². The van der Waals surface area contributed by atoms with E-state index in [2.05, 4.69) is 21.1 Å². The van der Waals surface area contributed by atoms with Crippen LogP contribution < -0.4 is 5.73 Å². The number of fused-ring (bicyclic) bond motifs is 1. The van der Waals surface area contributed by atoms with Crippen LogP contribution >= 0.6 is 11.3 Å². The molecule has 8 heteroatoms. The number of hydrogen-bond acceptors (Lipinski definition) is 6. The average molecular weight is 326 g/mol. The van der Waals surface area contributed by atoms with Crippen molar-refractivity contribution in [2.75, 3.05) is 18.8 Å². The molecule has 0 atom stereocenters. The maximum Gasteiger partial charge on any atom is 0.254 e. The molecule has 0 radical (unpaired) electrons. The Morgan fingerprint density at radius 1 is 1.30 bits per heavy atom. The minimum absolute atomic E-state index is 0.0395. The van der Waals surface area contributed by atoms with Crippen LogP contribution in [0.4, 0.5) is 5.82 Å². The van der Waals surface area contributed by atoms with Crippen LogP contribution in [0.15, 0.2) is 35.9 Å². The molecule has 0 fully saturated rings. The molecule has 0 unspecified atom stereocenters. The Morgan fingerprint density at radius 2 is 2.22 bits per heavy atom. The van der Waals surface area contributed by atoms with Gasteiger partial charge in [0.2, 0.25) is 5.82 Å². The van der Waals surface area contributed by atoms with Gasteiger partial charge in [-0.25, -0.2) is 9.97 Å². The lowest BCUT2D eigenvalue weighted by Crippen LogP contribution is -2.33. The molecular weight excluding hydrogens is 312 g/mol. The number of carbonyl (C=O) groups excluding carboxylic acids is 1. The third-order valence-corrected chi connectivity index (χ3v) is 4.45. The van der Waals surface area contributed by atoms with Gasteiger partial charge in [-0.2, -0.15) is 4.52 Å². The molecule has 0 bridgehead atoms. The first kappa shape index (κ1) is 13.9. The van der Waals surface area contributed by atoms with Crippen LogP contribution in [0.5, 0.6) is 0 Å². The Bertz CT molecular complexity index is 898. The highest BCUT2D eigenvalue weighted by molar-refractivity contribution is 7.13. The lowest BCUT2D eigenvalue weighted by Gasteiger charge is -2.23. The lowest BCUT2D eigenvalue weighted by atomic mass is 10.2. The van der Waals surface area contributed by atoms with E-state index in [0.29, 0.717) is 29.4 Å². The van der Waals surface area contributed by atoms with E-state index in [1.807, 2.05) is 11.5 Å². The fourth-order valence-corrected chi connectivity index (χ4v) is 3.13. The summed E-state index contributed by atoms with van der Waals surface area (Å²) < 4.78 is 1.53. The highest BCUT2D eigenvalue weighted by Gasteiger charge is 2.19. The summed E-state index contributed by atoms with van der Waals surface area (Å²) in [5, 5.41) is 6.95. The molecular formula is C15H14N6OS. The van der Waals surface area contributed by atoms with E-state index in [-0.39, 0.29) is 5.91 Å². The van der Waals surface area contributed by atoms with Crippen LogP contribution in [0.25, 0.3) is 16.5 Å². The molecule has 116 valence electrons. The summed E-state index contributed by atoms with van der Waals surface area (Å²) in [6.07, 6.45) is 6.66. The standard InChI is InChI=1S/C15H14N6OS/c16-11-8-10(15(22)20-5-2-1-3-6-20)9-12-18-13(19-21(11)12)14-17-4-7-23-14/h1-2,4,7-9H,3,5-6,16H2. The van der Waals surface area contributed by atoms with Crippen molar-refractivity contribution in [3.63, 3.8) is 0 Å². The maximum atomic E-state index is 12.6. The summed E-state index contributed by atoms with van der Waals surface area (Å²) in [6.45, 7) is 1.35. The number of nitrogen functional groups attached to an aromatic ring is 1. The summed E-state index contributed by atoms with van der Waals surface area (Å²) in [5.41, 5.74) is 7.13. The van der Waals surface area contributed by atoms with E-state index < -0.39 is 0 Å². The first-order valence-corrected chi connectivity index (χ1v) is 8.11. The number of aromatic nitrogens is 4. The molecule has 4 rings (SSSR count). The van der Waals surface area contributed by atoms with E-state index >= 15 is 0 Å². The van der Waals surface area contributed by atoms with Crippen molar-refractivity contribution in [2.24, 2.45) is 0 Å². The maximum absolute atomic E-state index is 12.6. The van der Waals surface area contributed by atoms with Crippen molar-refractivity contribution >= 4 is 28.7 Å². The molecule has 0 saturated heterocycles. The van der Waals surface area contributed by atoms with Gasteiger partial charge in [0, 0.05) is 30.2 Å². The molecule has 7 nitrogen and oxygen atoms in total. The van der Waals surface area contributed by atoms with Gasteiger partial charge >= 0.3 is 0 Å². The van der Waals surface area contributed by atoms with Crippen molar-refractivity contribution in [2.45, 2.75) is 6.42 Å². The molecule has 1 aliphatic rings. The summed E-state index contributed by atoms with van der Waals surface area (Å²) in [4.78, 5) is 23.0. The van der Waals surface area contributed by atoms with Gasteiger partial charge in [0.05, 0.1) is 0 Å². The first-order chi connectivity index (χ1) is 11.2. The highest BCUT2D eigenvalue weighted by Crippen LogP contribution is 2.21. The topological polar surface area (TPSA) is 89.4 Å². The zero-order valence-electron chi connectivity index (χ0n) is 12.2. The summed E-state index contributed by atoms with van der Waals surface area (Å²) in [5.74, 6) is 0.855. The van der Waals surface area contributed by atoms with E-state index in [1.165, 1.54) is 15.9 Å². The van der Waals surface area contributed by atoms with Crippen molar-refractivity contribution in [1.82, 2.24) is 24.5 Å². The third-order valence-electron chi connectivity index (χ3n) is 3.68. The number of rotatable bonds is 2. The van der Waals surface area contributed by atoms with E-state index in [1.54, 1.807) is 23.2 Å². The predicted octanol–water partition coefficient (Wildman–Crippen LogP) is 1.84. The van der Waals surface area contributed by atoms with Gasteiger partial charge in [-0.15, -0.1) is 16.4 Å². The van der Waals surface area contributed by atoms with Gasteiger partial charge in [0.25, 0.3) is 5.91 Å². The summed E-state index contributed by atoms with van der Waals surface area (Å²) in [6, 6.07) is 3.37. The number of amides is 1. The van der Waals surface area contributed by atoms with Crippen LogP contribution in [-0.2, 0) is 0 Å². The van der Waals surface area contributed by atoms with E-state index in [0.717, 1.165) is 18.0 Å². The molecule has 1 aliphatic heterocycles. The Hall–Kier alpha value is -2.74. The summed E-state index contributed by atoms with van der Waals surface area (Å²) >= 11 is 1.46. The number of thiazole rings is 1. The van der Waals surface area contributed by atoms with Gasteiger partial charge in [0.15, 0.2) is 10.7 Å². The Morgan fingerprint density at radius 3 is 2.96 bits per heavy atom. The molecule has 0 saturated carbocycles. The Balaban J connectivity index is 1.74. The number of pyridine rings is 1. The highest BCUT2D eigenvalue weighted by atomic mass is 32.1. The number of nitrogens with two attached hydrogens (primary N) is 1. The van der Waals surface area contributed by atoms with Crippen molar-refractivity contribution in [3.8, 4) is 10.8 Å². The lowest BCUT2D eigenvalue weighted by molar-refractivity contribution is 0.0771. The van der Waals surface area contributed by atoms with Gasteiger partial charge in [0.1, 0.15) is 5.82 Å². The Kier molecular flexibility index (Phi) is 3.30. The van der Waals surface area contributed by atoms with Crippen LogP contribution in [0.2, 0.25) is 0 Å². The second-order valence-corrected chi connectivity index (χ2v) is 6.12. The number of anilines is 1. The average Bonchev–Trinajstić information content (AvgIpc) is 3.24. The molecule has 3 aromatic rings. The molecule has 2 N–H and O–H groups in total. The van der Waals surface area contributed by atoms with E-state index in [4.69, 9.17) is 5.73 Å². The third kappa shape index (κ3) is 2.46. The normalized spacial score (nSPS) is 14.5. The van der Waals surface area contributed by atoms with Gasteiger partial charge in [-0.3, -0.25) is 4.79 Å². The second-order valence-electron chi connectivity index (χ2n) is 5.22. The number of carbonyl (C=O) groups is 1. The predicted molar refractivity (Wildman–Crippen MR) is 88.2 cm³/mol. The molecule has 1 amide bonds. The zero-order chi connectivity index (χ0) is 15.8. The number of hydrogen-bond donors (Lipinski definition) is 1. The van der Waals surface area contributed by atoms with Crippen molar-refractivity contribution < 1.29 is 4.79 Å². The fraction of sp³-hybridized carbons (Fsp3) is 0.200. The van der Waals surface area contributed by atoms with Crippen molar-refractivity contribution in [1.29, 1.82) is 0 Å². The molecule has 3 aromatic heterocycles. The minimum Gasteiger partial charge on any atom is -0.384 e. The van der Waals surface area contributed by atoms with Crippen LogP contribution in [0.1, 0.15) is 16.8 Å². The smallest absolute Gasteiger partial charge is 0.254 e. The fourth-order valence-electron chi connectivity index (χ4n) is 2.57. The molecule has 4 heterocycles. The quantitative estimate of drug-likeness (QED) is 0.726. The van der Waals surface area contributed by atoms with Gasteiger partial charge in [-0.05, 0) is 18.6 Å². The minimum atomic E-state index is -0.0395. The number of nitrogens with zero attached hydrogens (tertiary/aromatic N) is 5. The van der Waals surface area contributed by atoms with Gasteiger partial charge < -0.3 is 10.6 Å². The van der Waals surface area contributed by atoms with Crippen molar-refractivity contribution in [3.05, 3.63) is 41.4 Å². The summed E-state index contributed by atoms with van der Waals surface area (Å²) in [7, 11) is 0. The van der Waals surface area contributed by atoms with Gasteiger partial charge in [-0.1, -0.05) is 12.2 Å². The molecule has 23 heavy (non-hydrogen) atoms. The van der Waals surface area contributed by atoms with Crippen LogP contribution in [-0.4, -0.2) is 43.5 Å². The molecule has 0 spiro atoms. The monoisotopic (exact) mass is 326 g/mol. The SMILES string of the molecule is Nc1cc(C(=O)N2CC=CCC2)cc2nc(-c3nccs3)nn12.